The zero-order valence-electron chi connectivity index (χ0n) is 13.4. The Hall–Kier alpha value is -2.37. The summed E-state index contributed by atoms with van der Waals surface area (Å²) in [5.74, 6) is 0. The predicted octanol–water partition coefficient (Wildman–Crippen LogP) is 3.32. The van der Waals surface area contributed by atoms with Crippen molar-refractivity contribution in [2.75, 3.05) is 25.1 Å². The van der Waals surface area contributed by atoms with Gasteiger partial charge in [-0.15, -0.1) is 0 Å². The summed E-state index contributed by atoms with van der Waals surface area (Å²) in [6.07, 6.45) is 0. The summed E-state index contributed by atoms with van der Waals surface area (Å²) in [5, 5.41) is 3.02. The van der Waals surface area contributed by atoms with E-state index in [0.29, 0.717) is 33.0 Å². The highest BCUT2D eigenvalue weighted by Crippen LogP contribution is 2.26. The lowest BCUT2D eigenvalue weighted by Gasteiger charge is -2.35. The molecule has 1 saturated heterocycles. The van der Waals surface area contributed by atoms with Crippen molar-refractivity contribution in [1.82, 2.24) is 4.90 Å². The molecule has 5 heteroatoms. The third-order valence-corrected chi connectivity index (χ3v) is 4.55. The Morgan fingerprint density at radius 2 is 1.88 bits per heavy atom. The molecule has 0 aromatic heterocycles. The summed E-state index contributed by atoms with van der Waals surface area (Å²) in [6.45, 7) is 2.94. The van der Waals surface area contributed by atoms with Crippen LogP contribution in [0.3, 0.4) is 0 Å². The number of anilines is 1. The number of urea groups is 1. The van der Waals surface area contributed by atoms with Crippen LogP contribution in [0.25, 0.3) is 0 Å². The van der Waals surface area contributed by atoms with Crippen molar-refractivity contribution in [2.45, 2.75) is 19.3 Å². The molecule has 24 heavy (non-hydrogen) atoms. The first-order valence-corrected chi connectivity index (χ1v) is 8.21. The molecule has 2 aliphatic heterocycles. The van der Waals surface area contributed by atoms with Crippen LogP contribution in [0.4, 0.5) is 10.5 Å². The molecule has 5 nitrogen and oxygen atoms in total. The van der Waals surface area contributed by atoms with Gasteiger partial charge in [-0.3, -0.25) is 0 Å². The maximum absolute atomic E-state index is 12.8. The summed E-state index contributed by atoms with van der Waals surface area (Å²) in [7, 11) is 0. The summed E-state index contributed by atoms with van der Waals surface area (Å²) in [4.78, 5) is 14.6. The fourth-order valence-electron chi connectivity index (χ4n) is 3.24. The standard InChI is InChI=1S/C19H20N2O3/c22-19(20-17-7-6-15-11-24-12-16(15)10-17)21-8-9-23-13-18(21)14-4-2-1-3-5-14/h1-7,10,18H,8-9,11-13H2,(H,20,22). The number of carbonyl (C=O) groups is 1. The van der Waals surface area contributed by atoms with E-state index in [-0.39, 0.29) is 12.1 Å². The molecule has 2 aliphatic rings. The molecule has 2 amide bonds. The maximum atomic E-state index is 12.8. The van der Waals surface area contributed by atoms with E-state index >= 15 is 0 Å². The fraction of sp³-hybridized carbons (Fsp3) is 0.316. The van der Waals surface area contributed by atoms with E-state index in [9.17, 15) is 4.79 Å². The number of nitrogens with zero attached hydrogens (tertiary/aromatic N) is 1. The number of ether oxygens (including phenoxy) is 2. The largest absolute Gasteiger partial charge is 0.377 e. The van der Waals surface area contributed by atoms with Crippen LogP contribution in [-0.4, -0.2) is 30.7 Å². The van der Waals surface area contributed by atoms with Crippen molar-refractivity contribution in [1.29, 1.82) is 0 Å². The SMILES string of the molecule is O=C(Nc1ccc2c(c1)COC2)N1CCOCC1c1ccccc1. The summed E-state index contributed by atoms with van der Waals surface area (Å²) >= 11 is 0. The highest BCUT2D eigenvalue weighted by Gasteiger charge is 2.28. The van der Waals surface area contributed by atoms with Crippen molar-refractivity contribution in [3.63, 3.8) is 0 Å². The summed E-state index contributed by atoms with van der Waals surface area (Å²) < 4.78 is 11.0. The van der Waals surface area contributed by atoms with Gasteiger partial charge in [-0.2, -0.15) is 0 Å². The number of hydrogen-bond donors (Lipinski definition) is 1. The van der Waals surface area contributed by atoms with Gasteiger partial charge >= 0.3 is 6.03 Å². The maximum Gasteiger partial charge on any atom is 0.322 e. The third kappa shape index (κ3) is 3.00. The van der Waals surface area contributed by atoms with Crippen molar-refractivity contribution in [3.8, 4) is 0 Å². The molecule has 124 valence electrons. The molecule has 4 rings (SSSR count). The normalized spacial score (nSPS) is 19.8. The van der Waals surface area contributed by atoms with E-state index in [0.717, 1.165) is 16.8 Å². The third-order valence-electron chi connectivity index (χ3n) is 4.55. The minimum atomic E-state index is -0.0916. The van der Waals surface area contributed by atoms with E-state index < -0.39 is 0 Å². The van der Waals surface area contributed by atoms with E-state index in [1.165, 1.54) is 5.56 Å². The second-order valence-corrected chi connectivity index (χ2v) is 6.10. The average Bonchev–Trinajstić information content (AvgIpc) is 3.10. The van der Waals surface area contributed by atoms with Crippen molar-refractivity contribution in [3.05, 3.63) is 65.2 Å². The highest BCUT2D eigenvalue weighted by molar-refractivity contribution is 5.90. The van der Waals surface area contributed by atoms with Gasteiger partial charge in [-0.1, -0.05) is 36.4 Å². The quantitative estimate of drug-likeness (QED) is 0.922. The van der Waals surface area contributed by atoms with Crippen LogP contribution < -0.4 is 5.32 Å². The predicted molar refractivity (Wildman–Crippen MR) is 90.7 cm³/mol. The second kappa shape index (κ2) is 6.63. The van der Waals surface area contributed by atoms with Crippen molar-refractivity contribution in [2.24, 2.45) is 0 Å². The molecule has 2 aromatic rings. The number of morpholine rings is 1. The number of benzene rings is 2. The molecule has 2 aromatic carbocycles. The van der Waals surface area contributed by atoms with Gasteiger partial charge in [-0.05, 0) is 28.8 Å². The Labute approximate surface area is 141 Å². The van der Waals surface area contributed by atoms with E-state index in [2.05, 4.69) is 5.32 Å². The van der Waals surface area contributed by atoms with Crippen LogP contribution in [0, 0.1) is 0 Å². The second-order valence-electron chi connectivity index (χ2n) is 6.10. The van der Waals surface area contributed by atoms with E-state index in [1.54, 1.807) is 0 Å². The van der Waals surface area contributed by atoms with Crippen LogP contribution in [0.15, 0.2) is 48.5 Å². The Kier molecular flexibility index (Phi) is 4.19. The molecule has 1 atom stereocenters. The van der Waals surface area contributed by atoms with Crippen molar-refractivity contribution >= 4 is 11.7 Å². The zero-order valence-corrected chi connectivity index (χ0v) is 13.4. The molecule has 0 aliphatic carbocycles. The van der Waals surface area contributed by atoms with Crippen LogP contribution >= 0.6 is 0 Å². The molecule has 2 heterocycles. The number of hydrogen-bond acceptors (Lipinski definition) is 3. The van der Waals surface area contributed by atoms with Gasteiger partial charge in [0.1, 0.15) is 0 Å². The molecule has 1 unspecified atom stereocenters. The summed E-state index contributed by atoms with van der Waals surface area (Å²) in [5.41, 5.74) is 4.24. The molecular formula is C19H20N2O3. The first-order valence-electron chi connectivity index (χ1n) is 8.21. The lowest BCUT2D eigenvalue weighted by atomic mass is 10.1. The fourth-order valence-corrected chi connectivity index (χ4v) is 3.24. The molecule has 0 radical (unpaired) electrons. The van der Waals surface area contributed by atoms with E-state index in [1.807, 2.05) is 53.4 Å². The molecule has 0 bridgehead atoms. The number of carbonyl (C=O) groups excluding carboxylic acids is 1. The van der Waals surface area contributed by atoms with Gasteiger partial charge in [0.25, 0.3) is 0 Å². The number of amides is 2. The van der Waals surface area contributed by atoms with Crippen LogP contribution in [-0.2, 0) is 22.7 Å². The average molecular weight is 324 g/mol. The van der Waals surface area contributed by atoms with E-state index in [4.69, 9.17) is 9.47 Å². The lowest BCUT2D eigenvalue weighted by Crippen LogP contribution is -2.45. The smallest absolute Gasteiger partial charge is 0.322 e. The van der Waals surface area contributed by atoms with Crippen LogP contribution in [0.2, 0.25) is 0 Å². The highest BCUT2D eigenvalue weighted by atomic mass is 16.5. The van der Waals surface area contributed by atoms with Crippen molar-refractivity contribution < 1.29 is 14.3 Å². The number of rotatable bonds is 2. The minimum Gasteiger partial charge on any atom is -0.377 e. The topological polar surface area (TPSA) is 50.8 Å². The van der Waals surface area contributed by atoms with Gasteiger partial charge in [0.05, 0.1) is 32.5 Å². The lowest BCUT2D eigenvalue weighted by molar-refractivity contribution is 0.0148. The monoisotopic (exact) mass is 324 g/mol. The Morgan fingerprint density at radius 1 is 1.04 bits per heavy atom. The van der Waals surface area contributed by atoms with Gasteiger partial charge in [0.2, 0.25) is 0 Å². The Balaban J connectivity index is 1.51. The molecule has 0 spiro atoms. The number of nitrogens with one attached hydrogen (secondary N) is 1. The zero-order chi connectivity index (χ0) is 16.4. The van der Waals surface area contributed by atoms with Gasteiger partial charge in [0.15, 0.2) is 0 Å². The first kappa shape index (κ1) is 15.2. The molecule has 1 fully saturated rings. The Bertz CT molecular complexity index is 733. The first-order chi connectivity index (χ1) is 11.8. The van der Waals surface area contributed by atoms with Gasteiger partial charge in [0, 0.05) is 12.2 Å². The minimum absolute atomic E-state index is 0.0577. The van der Waals surface area contributed by atoms with Crippen LogP contribution in [0.5, 0.6) is 0 Å². The Morgan fingerprint density at radius 3 is 2.75 bits per heavy atom. The molecular weight excluding hydrogens is 304 g/mol. The molecule has 1 N–H and O–H groups in total. The summed E-state index contributed by atoms with van der Waals surface area (Å²) in [6, 6.07) is 15.8. The van der Waals surface area contributed by atoms with Gasteiger partial charge < -0.3 is 19.7 Å². The number of fused-ring (bicyclic) bond motifs is 1. The van der Waals surface area contributed by atoms with Gasteiger partial charge in [-0.25, -0.2) is 4.79 Å². The molecule has 0 saturated carbocycles. The van der Waals surface area contributed by atoms with Crippen LogP contribution in [0.1, 0.15) is 22.7 Å².